The Morgan fingerprint density at radius 3 is 2.44 bits per heavy atom. The number of urea groups is 1. The number of hydrogen-bond donors (Lipinski definition) is 1. The molecular weight excluding hydrogens is 340 g/mol. The molecule has 0 saturated carbocycles. The first-order valence-electron chi connectivity index (χ1n) is 9.28. The summed E-state index contributed by atoms with van der Waals surface area (Å²) in [7, 11) is 0. The van der Waals surface area contributed by atoms with Crippen molar-refractivity contribution in [3.05, 3.63) is 60.2 Å². The number of anilines is 2. The summed E-state index contributed by atoms with van der Waals surface area (Å²) in [6, 6.07) is 15.6. The van der Waals surface area contributed by atoms with Gasteiger partial charge in [-0.25, -0.2) is 4.79 Å². The number of para-hydroxylation sites is 2. The van der Waals surface area contributed by atoms with Gasteiger partial charge >= 0.3 is 6.03 Å². The minimum atomic E-state index is -0.736. The largest absolute Gasteiger partial charge is 0.350 e. The number of carbonyl (C=O) groups excluding carboxylic acids is 2. The van der Waals surface area contributed by atoms with E-state index in [0.29, 0.717) is 12.2 Å². The zero-order valence-electron chi connectivity index (χ0n) is 15.5. The van der Waals surface area contributed by atoms with Gasteiger partial charge in [0.25, 0.3) is 5.91 Å². The van der Waals surface area contributed by atoms with Crippen LogP contribution in [-0.4, -0.2) is 24.2 Å². The van der Waals surface area contributed by atoms with Gasteiger partial charge in [0, 0.05) is 12.1 Å². The second-order valence-electron chi connectivity index (χ2n) is 6.47. The molecule has 0 bridgehead atoms. The molecule has 2 N–H and O–H groups in total. The molecule has 0 unspecified atom stereocenters. The van der Waals surface area contributed by atoms with E-state index in [4.69, 9.17) is 5.73 Å². The van der Waals surface area contributed by atoms with Gasteiger partial charge in [-0.3, -0.25) is 4.79 Å². The molecule has 2 aromatic rings. The van der Waals surface area contributed by atoms with Crippen molar-refractivity contribution in [1.29, 1.82) is 0 Å². The third-order valence-electron chi connectivity index (χ3n) is 4.54. The third kappa shape index (κ3) is 4.00. The number of hydrazone groups is 1. The van der Waals surface area contributed by atoms with E-state index in [2.05, 4.69) is 12.0 Å². The first-order chi connectivity index (χ1) is 13.1. The maximum absolute atomic E-state index is 13.0. The Labute approximate surface area is 159 Å². The van der Waals surface area contributed by atoms with Crippen molar-refractivity contribution >= 4 is 29.0 Å². The van der Waals surface area contributed by atoms with Crippen LogP contribution < -0.4 is 15.6 Å². The number of nitrogens with two attached hydrogens (primary N) is 1. The number of hydrogen-bond acceptors (Lipinski definition) is 3. The minimum absolute atomic E-state index is 0.199. The van der Waals surface area contributed by atoms with E-state index in [9.17, 15) is 9.59 Å². The van der Waals surface area contributed by atoms with Gasteiger partial charge < -0.3 is 10.6 Å². The molecule has 1 heterocycles. The van der Waals surface area contributed by atoms with E-state index < -0.39 is 6.03 Å². The lowest BCUT2D eigenvalue weighted by Gasteiger charge is -2.17. The highest BCUT2D eigenvalue weighted by atomic mass is 16.2. The van der Waals surface area contributed by atoms with Crippen LogP contribution in [-0.2, 0) is 4.79 Å². The molecule has 0 radical (unpaired) electrons. The van der Waals surface area contributed by atoms with Gasteiger partial charge in [0.15, 0.2) is 5.71 Å². The van der Waals surface area contributed by atoms with Gasteiger partial charge in [0.05, 0.1) is 11.4 Å². The van der Waals surface area contributed by atoms with Gasteiger partial charge in [0.2, 0.25) is 0 Å². The van der Waals surface area contributed by atoms with E-state index in [1.807, 2.05) is 30.3 Å². The highest BCUT2D eigenvalue weighted by Crippen LogP contribution is 2.30. The molecule has 140 valence electrons. The van der Waals surface area contributed by atoms with Crippen LogP contribution in [0, 0.1) is 0 Å². The van der Waals surface area contributed by atoms with Gasteiger partial charge in [0.1, 0.15) is 0 Å². The van der Waals surface area contributed by atoms with Gasteiger partial charge in [-0.05, 0) is 24.6 Å². The van der Waals surface area contributed by atoms with Crippen molar-refractivity contribution in [2.24, 2.45) is 10.8 Å². The number of benzene rings is 2. The van der Waals surface area contributed by atoms with Crippen molar-refractivity contribution in [2.75, 3.05) is 16.5 Å². The Morgan fingerprint density at radius 2 is 1.74 bits per heavy atom. The summed E-state index contributed by atoms with van der Waals surface area (Å²) in [5.41, 5.74) is 7.82. The quantitative estimate of drug-likeness (QED) is 0.597. The van der Waals surface area contributed by atoms with E-state index in [0.717, 1.165) is 41.9 Å². The maximum atomic E-state index is 13.0. The van der Waals surface area contributed by atoms with Crippen LogP contribution in [0.3, 0.4) is 0 Å². The highest BCUT2D eigenvalue weighted by molar-refractivity contribution is 6.54. The van der Waals surface area contributed by atoms with Crippen LogP contribution in [0.1, 0.15) is 38.2 Å². The van der Waals surface area contributed by atoms with E-state index >= 15 is 0 Å². The van der Waals surface area contributed by atoms with Crippen molar-refractivity contribution in [1.82, 2.24) is 0 Å². The van der Waals surface area contributed by atoms with Crippen molar-refractivity contribution in [2.45, 2.75) is 32.6 Å². The Hall–Kier alpha value is -3.15. The number of unbranched alkanes of at least 4 members (excludes halogenated alkanes) is 3. The predicted octanol–water partition coefficient (Wildman–Crippen LogP) is 3.90. The van der Waals surface area contributed by atoms with Gasteiger partial charge in [-0.15, -0.1) is 0 Å². The topological polar surface area (TPSA) is 79.0 Å². The van der Waals surface area contributed by atoms with Crippen LogP contribution in [0.25, 0.3) is 0 Å². The van der Waals surface area contributed by atoms with Gasteiger partial charge in [-0.2, -0.15) is 10.1 Å². The SMILES string of the molecule is CCCCCCN1C(=O)C(=NN(C(N)=O)c2ccccc2)c2ccccc21. The standard InChI is InChI=1S/C21H24N4O2/c1-2-3-4-10-15-24-18-14-9-8-13-17(18)19(20(24)26)23-25(21(22)27)16-11-6-5-7-12-16/h5-9,11-14H,2-4,10,15H2,1H3,(H2,22,27). The molecule has 2 aromatic carbocycles. The van der Waals surface area contributed by atoms with Crippen LogP contribution >= 0.6 is 0 Å². The molecule has 0 atom stereocenters. The number of carbonyl (C=O) groups is 2. The lowest BCUT2D eigenvalue weighted by Crippen LogP contribution is -2.36. The fourth-order valence-electron chi connectivity index (χ4n) is 3.18. The molecule has 6 nitrogen and oxygen atoms in total. The van der Waals surface area contributed by atoms with E-state index in [1.165, 1.54) is 0 Å². The van der Waals surface area contributed by atoms with E-state index in [-0.39, 0.29) is 11.6 Å². The molecule has 1 aliphatic heterocycles. The fraction of sp³-hybridized carbons (Fsp3) is 0.286. The Bertz CT molecular complexity index is 848. The lowest BCUT2D eigenvalue weighted by atomic mass is 10.1. The lowest BCUT2D eigenvalue weighted by molar-refractivity contribution is -0.112. The normalized spacial score (nSPS) is 14.5. The minimum Gasteiger partial charge on any atom is -0.350 e. The Morgan fingerprint density at radius 1 is 1.04 bits per heavy atom. The predicted molar refractivity (Wildman–Crippen MR) is 108 cm³/mol. The molecule has 0 spiro atoms. The molecule has 0 fully saturated rings. The number of nitrogens with zero attached hydrogens (tertiary/aromatic N) is 3. The van der Waals surface area contributed by atoms with Gasteiger partial charge in [-0.1, -0.05) is 62.6 Å². The molecule has 6 heteroatoms. The average Bonchev–Trinajstić information content (AvgIpc) is 2.95. The van der Waals surface area contributed by atoms with Crippen LogP contribution in [0.5, 0.6) is 0 Å². The summed E-state index contributed by atoms with van der Waals surface area (Å²) in [6.07, 6.45) is 4.29. The second-order valence-corrected chi connectivity index (χ2v) is 6.47. The maximum Gasteiger partial charge on any atom is 0.340 e. The smallest absolute Gasteiger partial charge is 0.340 e. The number of amides is 3. The summed E-state index contributed by atoms with van der Waals surface area (Å²) in [6.45, 7) is 2.79. The van der Waals surface area contributed by atoms with E-state index in [1.54, 1.807) is 29.2 Å². The molecule has 0 aromatic heterocycles. The molecule has 3 rings (SSSR count). The van der Waals surface area contributed by atoms with Crippen LogP contribution in [0.15, 0.2) is 59.7 Å². The third-order valence-corrected chi connectivity index (χ3v) is 4.54. The van der Waals surface area contributed by atoms with Crippen molar-refractivity contribution < 1.29 is 9.59 Å². The summed E-state index contributed by atoms with van der Waals surface area (Å²) in [5.74, 6) is -0.199. The molecule has 3 amide bonds. The monoisotopic (exact) mass is 364 g/mol. The Kier molecular flexibility index (Phi) is 5.86. The Balaban J connectivity index is 1.93. The first kappa shape index (κ1) is 18.6. The van der Waals surface area contributed by atoms with Crippen LogP contribution in [0.4, 0.5) is 16.2 Å². The van der Waals surface area contributed by atoms with Crippen LogP contribution in [0.2, 0.25) is 0 Å². The summed E-state index contributed by atoms with van der Waals surface area (Å²) in [5, 5.41) is 5.42. The summed E-state index contributed by atoms with van der Waals surface area (Å²) >= 11 is 0. The second kappa shape index (κ2) is 8.49. The molecule has 27 heavy (non-hydrogen) atoms. The van der Waals surface area contributed by atoms with Crippen molar-refractivity contribution in [3.8, 4) is 0 Å². The number of rotatable bonds is 7. The van der Waals surface area contributed by atoms with Crippen molar-refractivity contribution in [3.63, 3.8) is 0 Å². The number of primary amides is 1. The summed E-state index contributed by atoms with van der Waals surface area (Å²) < 4.78 is 0. The highest BCUT2D eigenvalue weighted by Gasteiger charge is 2.34. The zero-order valence-corrected chi connectivity index (χ0v) is 15.5. The average molecular weight is 364 g/mol. The summed E-state index contributed by atoms with van der Waals surface area (Å²) in [4.78, 5) is 26.7. The molecular formula is C21H24N4O2. The molecule has 1 aliphatic rings. The number of fused-ring (bicyclic) bond motifs is 1. The zero-order chi connectivity index (χ0) is 19.2. The molecule has 0 saturated heterocycles. The fourth-order valence-corrected chi connectivity index (χ4v) is 3.18. The first-order valence-corrected chi connectivity index (χ1v) is 9.28. The molecule has 0 aliphatic carbocycles.